The normalized spacial score (nSPS) is 10.8. The molecule has 116 valence electrons. The molecule has 0 aliphatic heterocycles. The Kier molecular flexibility index (Phi) is 6.06. The monoisotopic (exact) mass is 300 g/mol. The Morgan fingerprint density at radius 1 is 1.05 bits per heavy atom. The van der Waals surface area contributed by atoms with Gasteiger partial charge < -0.3 is 4.74 Å². The van der Waals surface area contributed by atoms with Crippen LogP contribution in [0.4, 0.5) is 5.69 Å². The third-order valence-corrected chi connectivity index (χ3v) is 3.44. The van der Waals surface area contributed by atoms with Crippen LogP contribution in [0, 0.1) is 10.1 Å². The maximum absolute atomic E-state index is 11.1. The lowest BCUT2D eigenvalue weighted by Gasteiger charge is -2.22. The summed E-state index contributed by atoms with van der Waals surface area (Å²) in [5.74, 6) is 0. The van der Waals surface area contributed by atoms with Gasteiger partial charge in [0.2, 0.25) is 0 Å². The zero-order valence-corrected chi connectivity index (χ0v) is 12.6. The molecule has 0 saturated carbocycles. The third-order valence-electron chi connectivity index (χ3n) is 3.44. The van der Waals surface area contributed by atoms with Crippen molar-refractivity contribution >= 4 is 5.69 Å². The van der Waals surface area contributed by atoms with Crippen molar-refractivity contribution in [1.82, 2.24) is 4.90 Å². The first kappa shape index (κ1) is 16.1. The average Bonchev–Trinajstić information content (AvgIpc) is 2.54. The number of nitrogens with zero attached hydrogens (tertiary/aromatic N) is 2. The Morgan fingerprint density at radius 3 is 2.41 bits per heavy atom. The molecule has 0 N–H and O–H groups in total. The molecule has 2 aromatic carbocycles. The van der Waals surface area contributed by atoms with E-state index in [1.807, 2.05) is 30.3 Å². The van der Waals surface area contributed by atoms with Gasteiger partial charge in [0.15, 0.2) is 0 Å². The molecule has 0 saturated heterocycles. The standard InChI is InChI=1S/C17H20N2O3/c1-22-12-11-18(13-15-7-3-2-4-8-15)14-16-9-5-6-10-17(16)19(20)21/h2-10H,11-14H2,1H3. The third kappa shape index (κ3) is 4.65. The molecule has 22 heavy (non-hydrogen) atoms. The van der Waals surface area contributed by atoms with E-state index >= 15 is 0 Å². The molecule has 0 aromatic heterocycles. The minimum Gasteiger partial charge on any atom is -0.383 e. The summed E-state index contributed by atoms with van der Waals surface area (Å²) in [4.78, 5) is 13.0. The van der Waals surface area contributed by atoms with Gasteiger partial charge in [-0.15, -0.1) is 0 Å². The maximum Gasteiger partial charge on any atom is 0.273 e. The lowest BCUT2D eigenvalue weighted by atomic mass is 10.1. The van der Waals surface area contributed by atoms with Gasteiger partial charge in [0.05, 0.1) is 11.5 Å². The van der Waals surface area contributed by atoms with E-state index in [0.717, 1.165) is 18.7 Å². The number of benzene rings is 2. The number of rotatable bonds is 8. The molecule has 2 aromatic rings. The van der Waals surface area contributed by atoms with Crippen molar-refractivity contribution in [1.29, 1.82) is 0 Å². The van der Waals surface area contributed by atoms with E-state index in [1.54, 1.807) is 19.2 Å². The van der Waals surface area contributed by atoms with Crippen LogP contribution in [0.25, 0.3) is 0 Å². The molecular formula is C17H20N2O3. The van der Waals surface area contributed by atoms with Crippen molar-refractivity contribution in [2.75, 3.05) is 20.3 Å². The van der Waals surface area contributed by atoms with Crippen LogP contribution in [0.5, 0.6) is 0 Å². The second-order valence-electron chi connectivity index (χ2n) is 5.07. The Bertz CT molecular complexity index is 602. The van der Waals surface area contributed by atoms with E-state index in [4.69, 9.17) is 4.74 Å². The lowest BCUT2D eigenvalue weighted by molar-refractivity contribution is -0.385. The highest BCUT2D eigenvalue weighted by Gasteiger charge is 2.15. The van der Waals surface area contributed by atoms with Crippen LogP contribution in [0.15, 0.2) is 54.6 Å². The van der Waals surface area contributed by atoms with Crippen molar-refractivity contribution in [3.05, 3.63) is 75.8 Å². The van der Waals surface area contributed by atoms with Crippen LogP contribution in [-0.4, -0.2) is 30.1 Å². The first-order valence-corrected chi connectivity index (χ1v) is 7.18. The minimum atomic E-state index is -0.327. The largest absolute Gasteiger partial charge is 0.383 e. The van der Waals surface area contributed by atoms with Crippen LogP contribution < -0.4 is 0 Å². The molecule has 5 heteroatoms. The molecule has 0 heterocycles. The molecule has 0 radical (unpaired) electrons. The Hall–Kier alpha value is -2.24. The van der Waals surface area contributed by atoms with Gasteiger partial charge in [-0.2, -0.15) is 0 Å². The molecular weight excluding hydrogens is 280 g/mol. The fourth-order valence-electron chi connectivity index (χ4n) is 2.34. The topological polar surface area (TPSA) is 55.6 Å². The smallest absolute Gasteiger partial charge is 0.273 e. The SMILES string of the molecule is COCCN(Cc1ccccc1)Cc1ccccc1[N+](=O)[O-]. The maximum atomic E-state index is 11.1. The average molecular weight is 300 g/mol. The molecule has 0 atom stereocenters. The molecule has 0 fully saturated rings. The van der Waals surface area contributed by atoms with E-state index in [1.165, 1.54) is 5.56 Å². The van der Waals surface area contributed by atoms with E-state index in [2.05, 4.69) is 17.0 Å². The quantitative estimate of drug-likeness (QED) is 0.555. The van der Waals surface area contributed by atoms with Gasteiger partial charge in [0, 0.05) is 38.4 Å². The first-order chi connectivity index (χ1) is 10.7. The van der Waals surface area contributed by atoms with Gasteiger partial charge in [-0.3, -0.25) is 15.0 Å². The fraction of sp³-hybridized carbons (Fsp3) is 0.294. The van der Waals surface area contributed by atoms with Gasteiger partial charge in [0.25, 0.3) is 5.69 Å². The highest BCUT2D eigenvalue weighted by molar-refractivity contribution is 5.39. The molecule has 0 aliphatic carbocycles. The zero-order valence-electron chi connectivity index (χ0n) is 12.6. The Morgan fingerprint density at radius 2 is 1.73 bits per heavy atom. The van der Waals surface area contributed by atoms with Gasteiger partial charge in [0.1, 0.15) is 0 Å². The summed E-state index contributed by atoms with van der Waals surface area (Å²) >= 11 is 0. The van der Waals surface area contributed by atoms with Crippen LogP contribution in [0.1, 0.15) is 11.1 Å². The van der Waals surface area contributed by atoms with Gasteiger partial charge >= 0.3 is 0 Å². The highest BCUT2D eigenvalue weighted by Crippen LogP contribution is 2.20. The van der Waals surface area contributed by atoms with Gasteiger partial charge in [-0.25, -0.2) is 0 Å². The predicted molar refractivity (Wildman–Crippen MR) is 85.5 cm³/mol. The molecule has 0 aliphatic rings. The summed E-state index contributed by atoms with van der Waals surface area (Å²) < 4.78 is 5.15. The minimum absolute atomic E-state index is 0.165. The molecule has 0 bridgehead atoms. The van der Waals surface area contributed by atoms with Crippen molar-refractivity contribution in [3.8, 4) is 0 Å². The van der Waals surface area contributed by atoms with Gasteiger partial charge in [-0.1, -0.05) is 48.5 Å². The number of hydrogen-bond donors (Lipinski definition) is 0. The Balaban J connectivity index is 2.14. The fourth-order valence-corrected chi connectivity index (χ4v) is 2.34. The summed E-state index contributed by atoms with van der Waals surface area (Å²) in [7, 11) is 1.66. The number of methoxy groups -OCH3 is 1. The summed E-state index contributed by atoms with van der Waals surface area (Å²) in [6.45, 7) is 2.57. The van der Waals surface area contributed by atoms with E-state index in [-0.39, 0.29) is 10.6 Å². The molecule has 0 unspecified atom stereocenters. The zero-order chi connectivity index (χ0) is 15.8. The van der Waals surface area contributed by atoms with Crippen LogP contribution in [0.2, 0.25) is 0 Å². The van der Waals surface area contributed by atoms with E-state index < -0.39 is 0 Å². The lowest BCUT2D eigenvalue weighted by Crippen LogP contribution is -2.27. The van der Waals surface area contributed by atoms with Crippen LogP contribution >= 0.6 is 0 Å². The van der Waals surface area contributed by atoms with Crippen molar-refractivity contribution in [2.24, 2.45) is 0 Å². The van der Waals surface area contributed by atoms with Crippen molar-refractivity contribution < 1.29 is 9.66 Å². The number of nitro benzene ring substituents is 1. The van der Waals surface area contributed by atoms with Crippen molar-refractivity contribution in [3.63, 3.8) is 0 Å². The van der Waals surface area contributed by atoms with Crippen LogP contribution in [-0.2, 0) is 17.8 Å². The van der Waals surface area contributed by atoms with E-state index in [0.29, 0.717) is 13.2 Å². The van der Waals surface area contributed by atoms with E-state index in [9.17, 15) is 10.1 Å². The number of nitro groups is 1. The molecule has 2 rings (SSSR count). The van der Waals surface area contributed by atoms with Crippen LogP contribution in [0.3, 0.4) is 0 Å². The number of ether oxygens (including phenoxy) is 1. The second-order valence-corrected chi connectivity index (χ2v) is 5.07. The second kappa shape index (κ2) is 8.26. The summed E-state index contributed by atoms with van der Waals surface area (Å²) in [6, 6.07) is 17.0. The van der Waals surface area contributed by atoms with Gasteiger partial charge in [-0.05, 0) is 5.56 Å². The predicted octanol–water partition coefficient (Wildman–Crippen LogP) is 3.24. The number of hydrogen-bond acceptors (Lipinski definition) is 4. The molecule has 0 amide bonds. The summed E-state index contributed by atoms with van der Waals surface area (Å²) in [5, 5.41) is 11.1. The highest BCUT2D eigenvalue weighted by atomic mass is 16.6. The number of para-hydroxylation sites is 1. The van der Waals surface area contributed by atoms with Crippen molar-refractivity contribution in [2.45, 2.75) is 13.1 Å². The summed E-state index contributed by atoms with van der Waals surface area (Å²) in [5.41, 5.74) is 2.06. The molecule has 5 nitrogen and oxygen atoms in total. The first-order valence-electron chi connectivity index (χ1n) is 7.18. The Labute approximate surface area is 130 Å². The molecule has 0 spiro atoms. The summed E-state index contributed by atoms with van der Waals surface area (Å²) in [6.07, 6.45) is 0.